The third-order valence-corrected chi connectivity index (χ3v) is 3.01. The highest BCUT2D eigenvalue weighted by atomic mass is 35.5. The highest BCUT2D eigenvalue weighted by Gasteiger charge is 2.17. The van der Waals surface area contributed by atoms with E-state index >= 15 is 0 Å². The molecule has 0 fully saturated rings. The number of nitrogens with one attached hydrogen (secondary N) is 2. The second kappa shape index (κ2) is 6.82. The fourth-order valence-corrected chi connectivity index (χ4v) is 1.99. The van der Waals surface area contributed by atoms with Crippen LogP contribution < -0.4 is 10.6 Å². The standard InChI is InChI=1S/C12H18Cl2N4O/c1-5-15-10-8(13)6-9(14)11(17-10)16-7(2)12(19)18(3)4/h6-7H,5H2,1-4H3,(H2,15,16,17). The second-order valence-corrected chi connectivity index (χ2v) is 5.09. The summed E-state index contributed by atoms with van der Waals surface area (Å²) in [5.74, 6) is 0.920. The molecule has 1 aromatic heterocycles. The van der Waals surface area contributed by atoms with E-state index in [1.807, 2.05) is 6.92 Å². The number of pyridine rings is 1. The van der Waals surface area contributed by atoms with Crippen LogP contribution in [0.2, 0.25) is 10.0 Å². The molecule has 1 atom stereocenters. The number of aromatic nitrogens is 1. The Morgan fingerprint density at radius 3 is 2.47 bits per heavy atom. The molecule has 0 aliphatic rings. The molecule has 0 aliphatic heterocycles. The first kappa shape index (κ1) is 15.9. The van der Waals surface area contributed by atoms with E-state index in [0.29, 0.717) is 28.2 Å². The van der Waals surface area contributed by atoms with Crippen LogP contribution in [0.15, 0.2) is 6.07 Å². The Balaban J connectivity index is 2.94. The first-order chi connectivity index (χ1) is 8.86. The third-order valence-electron chi connectivity index (χ3n) is 2.44. The van der Waals surface area contributed by atoms with Gasteiger partial charge in [-0.25, -0.2) is 4.98 Å². The van der Waals surface area contributed by atoms with Gasteiger partial charge in [0.15, 0.2) is 0 Å². The molecule has 0 aliphatic carbocycles. The van der Waals surface area contributed by atoms with Gasteiger partial charge < -0.3 is 15.5 Å². The lowest BCUT2D eigenvalue weighted by Crippen LogP contribution is -2.36. The molecule has 1 heterocycles. The lowest BCUT2D eigenvalue weighted by atomic mass is 10.3. The summed E-state index contributed by atoms with van der Waals surface area (Å²) in [4.78, 5) is 17.6. The third kappa shape index (κ3) is 4.14. The molecule has 1 amide bonds. The molecule has 1 unspecified atom stereocenters. The van der Waals surface area contributed by atoms with Crippen LogP contribution in [0, 0.1) is 0 Å². The Bertz CT molecular complexity index is 465. The molecular formula is C12H18Cl2N4O. The van der Waals surface area contributed by atoms with Gasteiger partial charge in [-0.2, -0.15) is 0 Å². The van der Waals surface area contributed by atoms with Crippen molar-refractivity contribution in [2.24, 2.45) is 0 Å². The molecule has 0 radical (unpaired) electrons. The first-order valence-corrected chi connectivity index (χ1v) is 6.70. The highest BCUT2D eigenvalue weighted by Crippen LogP contribution is 2.29. The van der Waals surface area contributed by atoms with Crippen LogP contribution in [-0.4, -0.2) is 42.5 Å². The molecule has 0 spiro atoms. The molecule has 19 heavy (non-hydrogen) atoms. The van der Waals surface area contributed by atoms with E-state index < -0.39 is 6.04 Å². The van der Waals surface area contributed by atoms with Crippen molar-refractivity contribution in [2.75, 3.05) is 31.3 Å². The van der Waals surface area contributed by atoms with Crippen LogP contribution in [-0.2, 0) is 4.79 Å². The topological polar surface area (TPSA) is 57.3 Å². The van der Waals surface area contributed by atoms with Crippen molar-refractivity contribution in [3.63, 3.8) is 0 Å². The Hall–Kier alpha value is -1.20. The SMILES string of the molecule is CCNc1nc(NC(C)C(=O)N(C)C)c(Cl)cc1Cl. The van der Waals surface area contributed by atoms with Crippen LogP contribution >= 0.6 is 23.2 Å². The Morgan fingerprint density at radius 1 is 1.37 bits per heavy atom. The maximum absolute atomic E-state index is 11.8. The minimum Gasteiger partial charge on any atom is -0.369 e. The van der Waals surface area contributed by atoms with Crippen molar-refractivity contribution >= 4 is 40.7 Å². The zero-order chi connectivity index (χ0) is 14.6. The quantitative estimate of drug-likeness (QED) is 0.878. The summed E-state index contributed by atoms with van der Waals surface area (Å²) in [5, 5.41) is 6.84. The summed E-state index contributed by atoms with van der Waals surface area (Å²) in [6.07, 6.45) is 0. The number of halogens is 2. The smallest absolute Gasteiger partial charge is 0.244 e. The Kier molecular flexibility index (Phi) is 5.69. The summed E-state index contributed by atoms with van der Waals surface area (Å²) in [6, 6.07) is 1.18. The number of hydrogen-bond acceptors (Lipinski definition) is 4. The maximum Gasteiger partial charge on any atom is 0.244 e. The van der Waals surface area contributed by atoms with Crippen molar-refractivity contribution in [1.82, 2.24) is 9.88 Å². The van der Waals surface area contributed by atoms with Gasteiger partial charge in [0.2, 0.25) is 5.91 Å². The fourth-order valence-electron chi connectivity index (χ4n) is 1.51. The first-order valence-electron chi connectivity index (χ1n) is 5.94. The van der Waals surface area contributed by atoms with Crippen LogP contribution in [0.4, 0.5) is 11.6 Å². The number of carbonyl (C=O) groups excluding carboxylic acids is 1. The molecule has 0 saturated heterocycles. The van der Waals surface area contributed by atoms with Crippen molar-refractivity contribution < 1.29 is 4.79 Å². The summed E-state index contributed by atoms with van der Waals surface area (Å²) in [5.41, 5.74) is 0. The number of likely N-dealkylation sites (N-methyl/N-ethyl adjacent to an activating group) is 1. The Labute approximate surface area is 123 Å². The number of hydrogen-bond donors (Lipinski definition) is 2. The van der Waals surface area contributed by atoms with Crippen molar-refractivity contribution in [3.05, 3.63) is 16.1 Å². The van der Waals surface area contributed by atoms with Crippen molar-refractivity contribution in [3.8, 4) is 0 Å². The largest absolute Gasteiger partial charge is 0.369 e. The zero-order valence-electron chi connectivity index (χ0n) is 11.4. The highest BCUT2D eigenvalue weighted by molar-refractivity contribution is 6.37. The Morgan fingerprint density at radius 2 is 1.95 bits per heavy atom. The van der Waals surface area contributed by atoms with Crippen LogP contribution in [0.5, 0.6) is 0 Å². The van der Waals surface area contributed by atoms with Gasteiger partial charge in [0.1, 0.15) is 17.7 Å². The molecule has 106 valence electrons. The number of nitrogens with zero attached hydrogens (tertiary/aromatic N) is 2. The predicted octanol–water partition coefficient (Wildman–Crippen LogP) is 2.71. The summed E-state index contributed by atoms with van der Waals surface area (Å²) in [6.45, 7) is 4.39. The van der Waals surface area contributed by atoms with Gasteiger partial charge >= 0.3 is 0 Å². The van der Waals surface area contributed by atoms with E-state index in [1.165, 1.54) is 4.90 Å². The lowest BCUT2D eigenvalue weighted by Gasteiger charge is -2.19. The van der Waals surface area contributed by atoms with E-state index in [0.717, 1.165) is 0 Å². The molecule has 0 aromatic carbocycles. The van der Waals surface area contributed by atoms with Gasteiger partial charge in [0.05, 0.1) is 10.0 Å². The van der Waals surface area contributed by atoms with Gasteiger partial charge in [-0.05, 0) is 19.9 Å². The van der Waals surface area contributed by atoms with Crippen molar-refractivity contribution in [1.29, 1.82) is 0 Å². The average molecular weight is 305 g/mol. The van der Waals surface area contributed by atoms with E-state index in [4.69, 9.17) is 23.2 Å². The van der Waals surface area contributed by atoms with Crippen LogP contribution in [0.1, 0.15) is 13.8 Å². The van der Waals surface area contributed by atoms with E-state index in [-0.39, 0.29) is 5.91 Å². The molecule has 7 heteroatoms. The van der Waals surface area contributed by atoms with Gasteiger partial charge in [-0.1, -0.05) is 23.2 Å². The fraction of sp³-hybridized carbons (Fsp3) is 0.500. The van der Waals surface area contributed by atoms with Gasteiger partial charge in [0.25, 0.3) is 0 Å². The number of amides is 1. The number of carbonyl (C=O) groups is 1. The molecular weight excluding hydrogens is 287 g/mol. The molecule has 1 aromatic rings. The minimum atomic E-state index is -0.421. The molecule has 2 N–H and O–H groups in total. The molecule has 1 rings (SSSR count). The van der Waals surface area contributed by atoms with E-state index in [1.54, 1.807) is 27.1 Å². The van der Waals surface area contributed by atoms with Gasteiger partial charge in [-0.3, -0.25) is 4.79 Å². The monoisotopic (exact) mass is 304 g/mol. The van der Waals surface area contributed by atoms with Gasteiger partial charge in [0, 0.05) is 20.6 Å². The average Bonchev–Trinajstić information content (AvgIpc) is 2.34. The second-order valence-electron chi connectivity index (χ2n) is 4.28. The van der Waals surface area contributed by atoms with Crippen LogP contribution in [0.25, 0.3) is 0 Å². The van der Waals surface area contributed by atoms with E-state index in [2.05, 4.69) is 15.6 Å². The molecule has 5 nitrogen and oxygen atoms in total. The molecule has 0 saturated carbocycles. The predicted molar refractivity (Wildman–Crippen MR) is 80.2 cm³/mol. The maximum atomic E-state index is 11.8. The van der Waals surface area contributed by atoms with Crippen LogP contribution in [0.3, 0.4) is 0 Å². The van der Waals surface area contributed by atoms with Crippen molar-refractivity contribution in [2.45, 2.75) is 19.9 Å². The van der Waals surface area contributed by atoms with E-state index in [9.17, 15) is 4.79 Å². The lowest BCUT2D eigenvalue weighted by molar-refractivity contribution is -0.129. The number of anilines is 2. The number of rotatable bonds is 5. The minimum absolute atomic E-state index is 0.0576. The summed E-state index contributed by atoms with van der Waals surface area (Å²) < 4.78 is 0. The van der Waals surface area contributed by atoms with Gasteiger partial charge in [-0.15, -0.1) is 0 Å². The summed E-state index contributed by atoms with van der Waals surface area (Å²) in [7, 11) is 3.39. The summed E-state index contributed by atoms with van der Waals surface area (Å²) >= 11 is 12.1. The molecule has 0 bridgehead atoms. The zero-order valence-corrected chi connectivity index (χ0v) is 12.9. The normalized spacial score (nSPS) is 11.9.